The average molecular weight is 272 g/mol. The second-order valence-electron chi connectivity index (χ2n) is 4.62. The lowest BCUT2D eigenvalue weighted by atomic mass is 9.98. The van der Waals surface area contributed by atoms with Gasteiger partial charge in [-0.25, -0.2) is 4.39 Å². The molecular weight excluding hydrogens is 253 g/mol. The van der Waals surface area contributed by atoms with Crippen molar-refractivity contribution in [2.24, 2.45) is 0 Å². The maximum Gasteiger partial charge on any atom is 0.129 e. The molecule has 100 valence electrons. The zero-order valence-corrected chi connectivity index (χ0v) is 11.3. The SMILES string of the molecule is CCCNC(c1c(F)cccc1Cl)C1CCCO1. The fourth-order valence-electron chi connectivity index (χ4n) is 2.39. The molecule has 0 aliphatic carbocycles. The third-order valence-corrected chi connectivity index (χ3v) is 3.59. The third-order valence-electron chi connectivity index (χ3n) is 3.26. The van der Waals surface area contributed by atoms with Crippen molar-refractivity contribution < 1.29 is 9.13 Å². The Hall–Kier alpha value is -0.640. The minimum absolute atomic E-state index is 0.0194. The number of benzene rings is 1. The molecule has 18 heavy (non-hydrogen) atoms. The van der Waals surface area contributed by atoms with Crippen LogP contribution in [0.1, 0.15) is 37.8 Å². The Kier molecular flexibility index (Phi) is 4.98. The molecule has 1 saturated heterocycles. The Morgan fingerprint density at radius 1 is 1.56 bits per heavy atom. The van der Waals surface area contributed by atoms with Gasteiger partial charge < -0.3 is 10.1 Å². The average Bonchev–Trinajstić information content (AvgIpc) is 2.86. The Morgan fingerprint density at radius 2 is 2.39 bits per heavy atom. The van der Waals surface area contributed by atoms with Crippen LogP contribution in [0.3, 0.4) is 0 Å². The summed E-state index contributed by atoms with van der Waals surface area (Å²) in [6.07, 6.45) is 2.99. The van der Waals surface area contributed by atoms with Crippen LogP contribution >= 0.6 is 11.6 Å². The van der Waals surface area contributed by atoms with E-state index < -0.39 is 0 Å². The van der Waals surface area contributed by atoms with E-state index in [9.17, 15) is 4.39 Å². The van der Waals surface area contributed by atoms with Crippen LogP contribution in [-0.2, 0) is 4.74 Å². The highest BCUT2D eigenvalue weighted by atomic mass is 35.5. The monoisotopic (exact) mass is 271 g/mol. The lowest BCUT2D eigenvalue weighted by Gasteiger charge is -2.26. The molecule has 0 amide bonds. The number of hydrogen-bond donors (Lipinski definition) is 1. The van der Waals surface area contributed by atoms with E-state index in [2.05, 4.69) is 12.2 Å². The Bertz CT molecular complexity index is 373. The molecular formula is C14H19ClFNO. The lowest BCUT2D eigenvalue weighted by molar-refractivity contribution is 0.0772. The molecule has 0 spiro atoms. The predicted molar refractivity (Wildman–Crippen MR) is 71.4 cm³/mol. The number of hydrogen-bond acceptors (Lipinski definition) is 2. The van der Waals surface area contributed by atoms with Crippen molar-refractivity contribution in [2.45, 2.75) is 38.3 Å². The fourth-order valence-corrected chi connectivity index (χ4v) is 2.67. The van der Waals surface area contributed by atoms with E-state index >= 15 is 0 Å². The van der Waals surface area contributed by atoms with Gasteiger partial charge >= 0.3 is 0 Å². The molecule has 2 unspecified atom stereocenters. The molecule has 1 N–H and O–H groups in total. The summed E-state index contributed by atoms with van der Waals surface area (Å²) in [5.74, 6) is -0.258. The minimum Gasteiger partial charge on any atom is -0.376 e. The van der Waals surface area contributed by atoms with Gasteiger partial charge in [0.2, 0.25) is 0 Å². The largest absolute Gasteiger partial charge is 0.376 e. The number of halogens is 2. The van der Waals surface area contributed by atoms with Crippen LogP contribution in [0.15, 0.2) is 18.2 Å². The molecule has 1 fully saturated rings. The summed E-state index contributed by atoms with van der Waals surface area (Å²) in [5, 5.41) is 3.83. The summed E-state index contributed by atoms with van der Waals surface area (Å²) in [7, 11) is 0. The topological polar surface area (TPSA) is 21.3 Å². The molecule has 0 saturated carbocycles. The normalized spacial score (nSPS) is 21.2. The standard InChI is InChI=1S/C14H19ClFNO/c1-2-8-17-14(12-7-4-9-18-12)13-10(15)5-3-6-11(13)16/h3,5-6,12,14,17H,2,4,7-9H2,1H3. The number of rotatable bonds is 5. The Labute approximate surface area is 112 Å². The molecule has 1 aromatic carbocycles. The van der Waals surface area contributed by atoms with Gasteiger partial charge in [-0.05, 0) is 37.9 Å². The molecule has 1 aromatic rings. The van der Waals surface area contributed by atoms with Gasteiger partial charge in [0.15, 0.2) is 0 Å². The number of nitrogens with one attached hydrogen (secondary N) is 1. The minimum atomic E-state index is -0.258. The molecule has 0 bridgehead atoms. The second-order valence-corrected chi connectivity index (χ2v) is 5.03. The highest BCUT2D eigenvalue weighted by Crippen LogP contribution is 2.33. The van der Waals surface area contributed by atoms with Crippen LogP contribution in [0.5, 0.6) is 0 Å². The first-order valence-corrected chi connectivity index (χ1v) is 6.90. The van der Waals surface area contributed by atoms with Gasteiger partial charge in [-0.3, -0.25) is 0 Å². The lowest BCUT2D eigenvalue weighted by Crippen LogP contribution is -2.33. The van der Waals surface area contributed by atoms with Crippen LogP contribution in [-0.4, -0.2) is 19.3 Å². The van der Waals surface area contributed by atoms with Gasteiger partial charge in [0.1, 0.15) is 5.82 Å². The van der Waals surface area contributed by atoms with E-state index in [0.717, 1.165) is 32.4 Å². The first-order chi connectivity index (χ1) is 8.74. The van der Waals surface area contributed by atoms with E-state index in [1.165, 1.54) is 6.07 Å². The van der Waals surface area contributed by atoms with Gasteiger partial charge in [0.05, 0.1) is 12.1 Å². The first kappa shape index (κ1) is 13.8. The molecule has 4 heteroatoms. The molecule has 2 rings (SSSR count). The smallest absolute Gasteiger partial charge is 0.129 e. The van der Waals surface area contributed by atoms with E-state index in [1.807, 2.05) is 0 Å². The van der Waals surface area contributed by atoms with E-state index in [1.54, 1.807) is 12.1 Å². The summed E-state index contributed by atoms with van der Waals surface area (Å²) in [5.41, 5.74) is 0.541. The quantitative estimate of drug-likeness (QED) is 0.882. The van der Waals surface area contributed by atoms with Crippen LogP contribution in [0.4, 0.5) is 4.39 Å². The van der Waals surface area contributed by atoms with Crippen molar-refractivity contribution in [3.63, 3.8) is 0 Å². The Balaban J connectivity index is 2.26. The maximum atomic E-state index is 14.0. The van der Waals surface area contributed by atoms with E-state index in [-0.39, 0.29) is 18.0 Å². The number of ether oxygens (including phenoxy) is 1. The molecule has 0 radical (unpaired) electrons. The molecule has 1 aliphatic heterocycles. The summed E-state index contributed by atoms with van der Waals surface area (Å²) >= 11 is 6.15. The highest BCUT2D eigenvalue weighted by molar-refractivity contribution is 6.31. The molecule has 2 nitrogen and oxygen atoms in total. The zero-order chi connectivity index (χ0) is 13.0. The van der Waals surface area contributed by atoms with Crippen LogP contribution < -0.4 is 5.32 Å². The fraction of sp³-hybridized carbons (Fsp3) is 0.571. The third kappa shape index (κ3) is 3.02. The van der Waals surface area contributed by atoms with Gasteiger partial charge in [0.25, 0.3) is 0 Å². The van der Waals surface area contributed by atoms with Gasteiger partial charge in [-0.2, -0.15) is 0 Å². The summed E-state index contributed by atoms with van der Waals surface area (Å²) in [6.45, 7) is 3.67. The van der Waals surface area contributed by atoms with Crippen LogP contribution in [0.25, 0.3) is 0 Å². The summed E-state index contributed by atoms with van der Waals surface area (Å²) in [6, 6.07) is 4.67. The van der Waals surface area contributed by atoms with Gasteiger partial charge in [0, 0.05) is 17.2 Å². The zero-order valence-electron chi connectivity index (χ0n) is 10.6. The van der Waals surface area contributed by atoms with Crippen molar-refractivity contribution in [3.8, 4) is 0 Å². The summed E-state index contributed by atoms with van der Waals surface area (Å²) < 4.78 is 19.7. The van der Waals surface area contributed by atoms with Gasteiger partial charge in [-0.15, -0.1) is 0 Å². The molecule has 1 heterocycles. The Morgan fingerprint density at radius 3 is 3.00 bits per heavy atom. The molecule has 0 aromatic heterocycles. The molecule has 1 aliphatic rings. The summed E-state index contributed by atoms with van der Waals surface area (Å²) in [4.78, 5) is 0. The van der Waals surface area contributed by atoms with Crippen LogP contribution in [0, 0.1) is 5.82 Å². The van der Waals surface area contributed by atoms with Crippen molar-refractivity contribution >= 4 is 11.6 Å². The van der Waals surface area contributed by atoms with E-state index in [0.29, 0.717) is 10.6 Å². The van der Waals surface area contributed by atoms with Crippen LogP contribution in [0.2, 0.25) is 5.02 Å². The highest BCUT2D eigenvalue weighted by Gasteiger charge is 2.30. The van der Waals surface area contributed by atoms with Crippen molar-refractivity contribution in [3.05, 3.63) is 34.6 Å². The van der Waals surface area contributed by atoms with Crippen molar-refractivity contribution in [1.82, 2.24) is 5.32 Å². The van der Waals surface area contributed by atoms with Gasteiger partial charge in [-0.1, -0.05) is 24.6 Å². The molecule has 2 atom stereocenters. The van der Waals surface area contributed by atoms with Crippen molar-refractivity contribution in [1.29, 1.82) is 0 Å². The van der Waals surface area contributed by atoms with Crippen molar-refractivity contribution in [2.75, 3.05) is 13.2 Å². The second kappa shape index (κ2) is 6.50. The predicted octanol–water partition coefficient (Wildman–Crippen LogP) is 3.70. The van der Waals surface area contributed by atoms with E-state index in [4.69, 9.17) is 16.3 Å². The first-order valence-electron chi connectivity index (χ1n) is 6.53. The maximum absolute atomic E-state index is 14.0.